The first kappa shape index (κ1) is 33.5. The van der Waals surface area contributed by atoms with Crippen molar-refractivity contribution in [2.24, 2.45) is 5.92 Å². The van der Waals surface area contributed by atoms with Gasteiger partial charge in [0.05, 0.1) is 17.6 Å². The summed E-state index contributed by atoms with van der Waals surface area (Å²) in [6.45, 7) is 15.0. The largest absolute Gasteiger partial charge is 0.484 e. The van der Waals surface area contributed by atoms with E-state index in [4.69, 9.17) is 9.47 Å². The molecule has 0 bridgehead atoms. The van der Waals surface area contributed by atoms with Gasteiger partial charge in [0, 0.05) is 11.1 Å². The van der Waals surface area contributed by atoms with Crippen LogP contribution in [-0.2, 0) is 9.53 Å². The van der Waals surface area contributed by atoms with Crippen molar-refractivity contribution in [3.8, 4) is 11.8 Å². The summed E-state index contributed by atoms with van der Waals surface area (Å²) >= 11 is 0. The van der Waals surface area contributed by atoms with Crippen molar-refractivity contribution in [2.45, 2.75) is 77.4 Å². The molecule has 1 atom stereocenters. The Bertz CT molecular complexity index is 1130. The predicted molar refractivity (Wildman–Crippen MR) is 137 cm³/mol. The summed E-state index contributed by atoms with van der Waals surface area (Å²) in [6.07, 6.45) is -8.79. The SMILES string of the molecule is C=CC(CC/C(=C\C/C=C(\C#N)c1ccc(OC(C)(C)C(C)(C)OC(=O)C(=C)C)cc1)C(F)(F)F)C(F)(F)F. The summed E-state index contributed by atoms with van der Waals surface area (Å²) in [6, 6.07) is 8.12. The van der Waals surface area contributed by atoms with E-state index in [9.17, 15) is 36.4 Å². The van der Waals surface area contributed by atoms with Crippen molar-refractivity contribution in [1.82, 2.24) is 0 Å². The number of halogens is 6. The standard InChI is InChI=1S/C29H33F6NO3/c1-8-22(28(30,31)32)14-15-23(29(33,34)35)11-9-10-21(18-36)20-12-16-24(17-13-20)38-26(4,5)27(6,7)39-25(37)19(2)3/h8,10-13,16-17,22H,1-2,9,14-15H2,3-7H3/b21-10+,23-11+. The maximum absolute atomic E-state index is 13.4. The Morgan fingerprint density at radius 3 is 2.03 bits per heavy atom. The molecular formula is C29H33F6NO3. The van der Waals surface area contributed by atoms with E-state index in [1.54, 1.807) is 52.0 Å². The van der Waals surface area contributed by atoms with Gasteiger partial charge in [-0.3, -0.25) is 0 Å². The third kappa shape index (κ3) is 9.97. The molecule has 39 heavy (non-hydrogen) atoms. The zero-order valence-corrected chi connectivity index (χ0v) is 22.6. The van der Waals surface area contributed by atoms with Crippen LogP contribution >= 0.6 is 0 Å². The summed E-state index contributed by atoms with van der Waals surface area (Å²) in [5.41, 5.74) is -2.42. The number of esters is 1. The number of benzene rings is 1. The van der Waals surface area contributed by atoms with Crippen LogP contribution in [0, 0.1) is 17.2 Å². The van der Waals surface area contributed by atoms with Crippen LogP contribution in [-0.4, -0.2) is 29.5 Å². The average Bonchev–Trinajstić information content (AvgIpc) is 2.79. The zero-order chi connectivity index (χ0) is 30.2. The van der Waals surface area contributed by atoms with Crippen LogP contribution in [0.3, 0.4) is 0 Å². The Morgan fingerprint density at radius 2 is 1.59 bits per heavy atom. The summed E-state index contributed by atoms with van der Waals surface area (Å²) in [5, 5.41) is 9.51. The number of allylic oxidation sites excluding steroid dienone is 5. The Morgan fingerprint density at radius 1 is 1.03 bits per heavy atom. The fourth-order valence-electron chi connectivity index (χ4n) is 3.19. The molecule has 1 unspecified atom stereocenters. The van der Waals surface area contributed by atoms with Crippen molar-refractivity contribution in [3.63, 3.8) is 0 Å². The van der Waals surface area contributed by atoms with Gasteiger partial charge in [0.15, 0.2) is 0 Å². The summed E-state index contributed by atoms with van der Waals surface area (Å²) < 4.78 is 90.2. The highest BCUT2D eigenvalue weighted by molar-refractivity contribution is 5.87. The van der Waals surface area contributed by atoms with Crippen LogP contribution in [0.25, 0.3) is 5.57 Å². The quantitative estimate of drug-likeness (QED) is 0.0848. The molecule has 0 aliphatic rings. The minimum Gasteiger partial charge on any atom is -0.484 e. The van der Waals surface area contributed by atoms with Crippen molar-refractivity contribution in [2.75, 3.05) is 0 Å². The summed E-state index contributed by atoms with van der Waals surface area (Å²) in [7, 11) is 0. The molecule has 0 aromatic heterocycles. The molecule has 1 rings (SSSR count). The van der Waals surface area contributed by atoms with Crippen LogP contribution in [0.5, 0.6) is 5.75 Å². The minimum absolute atomic E-state index is 0.0774. The molecule has 0 spiro atoms. The number of hydrogen-bond acceptors (Lipinski definition) is 4. The molecule has 0 radical (unpaired) electrons. The number of ether oxygens (including phenoxy) is 2. The molecule has 214 valence electrons. The lowest BCUT2D eigenvalue weighted by molar-refractivity contribution is -0.171. The van der Waals surface area contributed by atoms with Crippen LogP contribution in [0.15, 0.2) is 66.8 Å². The van der Waals surface area contributed by atoms with Gasteiger partial charge >= 0.3 is 18.3 Å². The number of carbonyl (C=O) groups is 1. The molecule has 0 aliphatic heterocycles. The van der Waals surface area contributed by atoms with Crippen LogP contribution in [0.1, 0.15) is 59.4 Å². The fourth-order valence-corrected chi connectivity index (χ4v) is 3.19. The molecule has 0 saturated carbocycles. The molecule has 0 saturated heterocycles. The maximum atomic E-state index is 13.4. The molecule has 0 aliphatic carbocycles. The van der Waals surface area contributed by atoms with Gasteiger partial charge in [-0.2, -0.15) is 31.6 Å². The average molecular weight is 558 g/mol. The molecule has 0 fully saturated rings. The van der Waals surface area contributed by atoms with Gasteiger partial charge in [0.1, 0.15) is 17.0 Å². The first-order valence-corrected chi connectivity index (χ1v) is 12.0. The lowest BCUT2D eigenvalue weighted by Crippen LogP contribution is -2.52. The third-order valence-corrected chi connectivity index (χ3v) is 6.28. The van der Waals surface area contributed by atoms with E-state index in [1.807, 2.05) is 6.07 Å². The Balaban J connectivity index is 3.05. The van der Waals surface area contributed by atoms with E-state index < -0.39 is 53.9 Å². The lowest BCUT2D eigenvalue weighted by atomic mass is 9.89. The minimum atomic E-state index is -4.81. The van der Waals surface area contributed by atoms with Crippen LogP contribution < -0.4 is 4.74 Å². The Kier molecular flexibility index (Phi) is 11.2. The van der Waals surface area contributed by atoms with Gasteiger partial charge in [-0.1, -0.05) is 24.8 Å². The van der Waals surface area contributed by atoms with E-state index in [1.165, 1.54) is 13.0 Å². The Hall–Kier alpha value is -3.48. The highest BCUT2D eigenvalue weighted by Crippen LogP contribution is 2.36. The monoisotopic (exact) mass is 557 g/mol. The van der Waals surface area contributed by atoms with Gasteiger partial charge < -0.3 is 9.47 Å². The topological polar surface area (TPSA) is 59.3 Å². The van der Waals surface area contributed by atoms with Crippen molar-refractivity contribution in [3.05, 3.63) is 72.4 Å². The highest BCUT2D eigenvalue weighted by atomic mass is 19.4. The van der Waals surface area contributed by atoms with E-state index in [2.05, 4.69) is 13.2 Å². The number of carbonyl (C=O) groups excluding carboxylic acids is 1. The Labute approximate surface area is 225 Å². The second-order valence-electron chi connectivity index (χ2n) is 9.93. The van der Waals surface area contributed by atoms with Crippen molar-refractivity contribution < 1.29 is 40.6 Å². The van der Waals surface area contributed by atoms with E-state index >= 15 is 0 Å². The highest BCUT2D eigenvalue weighted by Gasteiger charge is 2.43. The molecular weight excluding hydrogens is 524 g/mol. The fraction of sp³-hybridized carbons (Fsp3) is 0.448. The normalized spacial score (nSPS) is 14.3. The molecule has 0 heterocycles. The van der Waals surface area contributed by atoms with Crippen LogP contribution in [0.4, 0.5) is 26.3 Å². The van der Waals surface area contributed by atoms with E-state index in [0.29, 0.717) is 17.4 Å². The van der Waals surface area contributed by atoms with Gasteiger partial charge in [0.2, 0.25) is 0 Å². The van der Waals surface area contributed by atoms with Crippen molar-refractivity contribution >= 4 is 11.5 Å². The lowest BCUT2D eigenvalue weighted by Gasteiger charge is -2.40. The third-order valence-electron chi connectivity index (χ3n) is 6.28. The first-order chi connectivity index (χ1) is 17.7. The van der Waals surface area contributed by atoms with Gasteiger partial charge in [0.25, 0.3) is 0 Å². The molecule has 10 heteroatoms. The summed E-state index contributed by atoms with van der Waals surface area (Å²) in [5.74, 6) is -2.23. The maximum Gasteiger partial charge on any atom is 0.412 e. The van der Waals surface area contributed by atoms with Crippen molar-refractivity contribution in [1.29, 1.82) is 5.26 Å². The second kappa shape index (κ2) is 13.0. The number of hydrogen-bond donors (Lipinski definition) is 0. The molecule has 0 N–H and O–H groups in total. The second-order valence-corrected chi connectivity index (χ2v) is 9.93. The molecule has 1 aromatic rings. The number of nitrogens with zero attached hydrogens (tertiary/aromatic N) is 1. The van der Waals surface area contributed by atoms with E-state index in [0.717, 1.165) is 6.08 Å². The zero-order valence-electron chi connectivity index (χ0n) is 22.6. The molecule has 4 nitrogen and oxygen atoms in total. The number of alkyl halides is 6. The van der Waals surface area contributed by atoms with Gasteiger partial charge in [-0.15, -0.1) is 6.58 Å². The molecule has 1 aromatic carbocycles. The van der Waals surface area contributed by atoms with E-state index in [-0.39, 0.29) is 17.6 Å². The number of nitriles is 1. The van der Waals surface area contributed by atoms with Gasteiger partial charge in [-0.05, 0) is 83.7 Å². The number of rotatable bonds is 12. The van der Waals surface area contributed by atoms with Crippen LogP contribution in [0.2, 0.25) is 0 Å². The van der Waals surface area contributed by atoms with Gasteiger partial charge in [-0.25, -0.2) is 4.79 Å². The first-order valence-electron chi connectivity index (χ1n) is 12.0. The smallest absolute Gasteiger partial charge is 0.412 e. The molecule has 0 amide bonds. The summed E-state index contributed by atoms with van der Waals surface area (Å²) in [4.78, 5) is 12.0. The predicted octanol–water partition coefficient (Wildman–Crippen LogP) is 8.67.